The van der Waals surface area contributed by atoms with Crippen molar-refractivity contribution in [2.24, 2.45) is 11.7 Å². The van der Waals surface area contributed by atoms with Gasteiger partial charge in [-0.3, -0.25) is 9.59 Å². The van der Waals surface area contributed by atoms with Crippen LogP contribution in [0.1, 0.15) is 38.2 Å². The van der Waals surface area contributed by atoms with Crippen molar-refractivity contribution in [2.45, 2.75) is 39.8 Å². The number of rotatable bonds is 6. The first-order chi connectivity index (χ1) is 8.84. The van der Waals surface area contributed by atoms with Crippen LogP contribution in [0.15, 0.2) is 18.3 Å². The van der Waals surface area contributed by atoms with E-state index in [1.54, 1.807) is 18.3 Å². The molecule has 5 nitrogen and oxygen atoms in total. The van der Waals surface area contributed by atoms with Gasteiger partial charge in [-0.25, -0.2) is 0 Å². The maximum atomic E-state index is 12.3. The smallest absolute Gasteiger partial charge is 0.240 e. The van der Waals surface area contributed by atoms with Crippen LogP contribution in [0.5, 0.6) is 0 Å². The highest BCUT2D eigenvalue weighted by atomic mass is 16.2. The first-order valence-corrected chi connectivity index (χ1v) is 6.57. The monoisotopic (exact) mass is 265 g/mol. The zero-order valence-corrected chi connectivity index (χ0v) is 12.0. The average molecular weight is 265 g/mol. The number of amides is 1. The summed E-state index contributed by atoms with van der Waals surface area (Å²) in [6.07, 6.45) is 1.69. The number of carbonyl (C=O) groups is 2. The predicted molar refractivity (Wildman–Crippen MR) is 74.8 cm³/mol. The molecule has 1 rings (SSSR count). The summed E-state index contributed by atoms with van der Waals surface area (Å²) in [6.45, 7) is 7.61. The molecule has 1 unspecified atom stereocenters. The standard InChI is InChI=1S/C14H23N3O2/c1-9(2)13(15)14(19)17(10(3)4)8-12(18)11-6-5-7-16-11/h5-7,9-10,13,16H,8,15H2,1-4H3. The van der Waals surface area contributed by atoms with Crippen LogP contribution in [0.25, 0.3) is 0 Å². The largest absolute Gasteiger partial charge is 0.359 e. The third kappa shape index (κ3) is 3.92. The van der Waals surface area contributed by atoms with Crippen LogP contribution < -0.4 is 5.73 Å². The Hall–Kier alpha value is -1.62. The van der Waals surface area contributed by atoms with Gasteiger partial charge >= 0.3 is 0 Å². The number of H-pyrrole nitrogens is 1. The van der Waals surface area contributed by atoms with Gasteiger partial charge in [0.05, 0.1) is 18.3 Å². The molecule has 1 amide bonds. The molecular formula is C14H23N3O2. The van der Waals surface area contributed by atoms with Gasteiger partial charge in [-0.2, -0.15) is 0 Å². The quantitative estimate of drug-likeness (QED) is 0.763. The summed E-state index contributed by atoms with van der Waals surface area (Å²) < 4.78 is 0. The highest BCUT2D eigenvalue weighted by Crippen LogP contribution is 2.09. The number of aromatic nitrogens is 1. The fourth-order valence-electron chi connectivity index (χ4n) is 1.74. The van der Waals surface area contributed by atoms with E-state index >= 15 is 0 Å². The molecule has 5 heteroatoms. The van der Waals surface area contributed by atoms with Gasteiger partial charge in [0.2, 0.25) is 5.91 Å². The lowest BCUT2D eigenvalue weighted by atomic mass is 10.0. The van der Waals surface area contributed by atoms with Crippen molar-refractivity contribution in [1.29, 1.82) is 0 Å². The highest BCUT2D eigenvalue weighted by molar-refractivity contribution is 5.98. The fraction of sp³-hybridized carbons (Fsp3) is 0.571. The summed E-state index contributed by atoms with van der Waals surface area (Å²) in [7, 11) is 0. The molecule has 1 aromatic rings. The normalized spacial score (nSPS) is 12.8. The molecule has 1 atom stereocenters. The second kappa shape index (κ2) is 6.52. The minimum atomic E-state index is -0.571. The lowest BCUT2D eigenvalue weighted by Crippen LogP contribution is -2.50. The molecule has 0 saturated carbocycles. The Balaban J connectivity index is 2.79. The Kier molecular flexibility index (Phi) is 5.30. The summed E-state index contributed by atoms with van der Waals surface area (Å²) in [6, 6.07) is 2.83. The van der Waals surface area contributed by atoms with Gasteiger partial charge in [0.15, 0.2) is 5.78 Å². The van der Waals surface area contributed by atoms with Crippen LogP contribution in [0.4, 0.5) is 0 Å². The Morgan fingerprint density at radius 2 is 1.95 bits per heavy atom. The molecule has 0 saturated heterocycles. The number of Topliss-reactive ketones (excluding diaryl/α,β-unsaturated/α-hetero) is 1. The number of nitrogens with one attached hydrogen (secondary N) is 1. The number of ketones is 1. The maximum Gasteiger partial charge on any atom is 0.240 e. The number of hydrogen-bond donors (Lipinski definition) is 2. The third-order valence-electron chi connectivity index (χ3n) is 3.12. The number of carbonyl (C=O) groups excluding carboxylic acids is 2. The van der Waals surface area contributed by atoms with Gasteiger partial charge in [-0.1, -0.05) is 13.8 Å². The lowest BCUT2D eigenvalue weighted by molar-refractivity contribution is -0.134. The fourth-order valence-corrected chi connectivity index (χ4v) is 1.74. The van der Waals surface area contributed by atoms with Gasteiger partial charge in [0, 0.05) is 12.2 Å². The van der Waals surface area contributed by atoms with E-state index in [9.17, 15) is 9.59 Å². The lowest BCUT2D eigenvalue weighted by Gasteiger charge is -2.29. The van der Waals surface area contributed by atoms with Gasteiger partial charge in [-0.15, -0.1) is 0 Å². The van der Waals surface area contributed by atoms with Crippen LogP contribution in [0, 0.1) is 5.92 Å². The number of nitrogens with two attached hydrogens (primary N) is 1. The van der Waals surface area contributed by atoms with Crippen molar-refractivity contribution in [3.63, 3.8) is 0 Å². The van der Waals surface area contributed by atoms with E-state index in [0.29, 0.717) is 5.69 Å². The first-order valence-electron chi connectivity index (χ1n) is 6.57. The zero-order chi connectivity index (χ0) is 14.6. The van der Waals surface area contributed by atoms with Crippen molar-refractivity contribution in [3.8, 4) is 0 Å². The predicted octanol–water partition coefficient (Wildman–Crippen LogP) is 1.42. The second-order valence-electron chi connectivity index (χ2n) is 5.34. The van der Waals surface area contributed by atoms with Crippen molar-refractivity contribution in [3.05, 3.63) is 24.0 Å². The molecule has 1 aromatic heterocycles. The van der Waals surface area contributed by atoms with Crippen LogP contribution >= 0.6 is 0 Å². The molecule has 0 aliphatic rings. The van der Waals surface area contributed by atoms with Gasteiger partial charge in [-0.05, 0) is 31.9 Å². The van der Waals surface area contributed by atoms with Gasteiger partial charge in [0.25, 0.3) is 0 Å². The molecule has 0 radical (unpaired) electrons. The molecule has 0 aliphatic carbocycles. The Morgan fingerprint density at radius 1 is 1.32 bits per heavy atom. The van der Waals surface area contributed by atoms with Crippen LogP contribution in [-0.2, 0) is 4.79 Å². The van der Waals surface area contributed by atoms with Crippen molar-refractivity contribution in [2.75, 3.05) is 6.54 Å². The Bertz CT molecular complexity index is 424. The molecule has 3 N–H and O–H groups in total. The molecule has 1 heterocycles. The molecule has 106 valence electrons. The Morgan fingerprint density at radius 3 is 2.37 bits per heavy atom. The first kappa shape index (κ1) is 15.4. The average Bonchev–Trinajstić information content (AvgIpc) is 2.87. The van der Waals surface area contributed by atoms with E-state index in [4.69, 9.17) is 5.73 Å². The van der Waals surface area contributed by atoms with Crippen molar-refractivity contribution in [1.82, 2.24) is 9.88 Å². The molecule has 0 aromatic carbocycles. The minimum Gasteiger partial charge on any atom is -0.359 e. The molecular weight excluding hydrogens is 242 g/mol. The second-order valence-corrected chi connectivity index (χ2v) is 5.34. The topological polar surface area (TPSA) is 79.2 Å². The Labute approximate surface area is 114 Å². The SMILES string of the molecule is CC(C)C(N)C(=O)N(CC(=O)c1ccc[nH]1)C(C)C. The molecule has 0 aliphatic heterocycles. The molecule has 19 heavy (non-hydrogen) atoms. The van der Waals surface area contributed by atoms with E-state index < -0.39 is 6.04 Å². The summed E-state index contributed by atoms with van der Waals surface area (Å²) in [5.74, 6) is -0.234. The zero-order valence-electron chi connectivity index (χ0n) is 12.0. The number of nitrogens with zero attached hydrogens (tertiary/aromatic N) is 1. The van der Waals surface area contributed by atoms with Gasteiger partial charge < -0.3 is 15.6 Å². The van der Waals surface area contributed by atoms with Crippen molar-refractivity contribution < 1.29 is 9.59 Å². The van der Waals surface area contributed by atoms with E-state index in [1.807, 2.05) is 27.7 Å². The van der Waals surface area contributed by atoms with E-state index in [-0.39, 0.29) is 30.2 Å². The van der Waals surface area contributed by atoms with E-state index in [2.05, 4.69) is 4.98 Å². The summed E-state index contributed by atoms with van der Waals surface area (Å²) in [5.41, 5.74) is 6.39. The van der Waals surface area contributed by atoms with E-state index in [1.165, 1.54) is 4.90 Å². The highest BCUT2D eigenvalue weighted by Gasteiger charge is 2.27. The van der Waals surface area contributed by atoms with Crippen LogP contribution in [0.3, 0.4) is 0 Å². The van der Waals surface area contributed by atoms with Crippen LogP contribution in [-0.4, -0.2) is 40.2 Å². The third-order valence-corrected chi connectivity index (χ3v) is 3.12. The summed E-state index contributed by atoms with van der Waals surface area (Å²) in [4.78, 5) is 28.7. The van der Waals surface area contributed by atoms with E-state index in [0.717, 1.165) is 0 Å². The molecule has 0 fully saturated rings. The summed E-state index contributed by atoms with van der Waals surface area (Å²) in [5, 5.41) is 0. The maximum absolute atomic E-state index is 12.3. The summed E-state index contributed by atoms with van der Waals surface area (Å²) >= 11 is 0. The molecule has 0 bridgehead atoms. The number of hydrogen-bond acceptors (Lipinski definition) is 3. The minimum absolute atomic E-state index is 0.0503. The van der Waals surface area contributed by atoms with Crippen LogP contribution in [0.2, 0.25) is 0 Å². The number of aromatic amines is 1. The van der Waals surface area contributed by atoms with Gasteiger partial charge in [0.1, 0.15) is 0 Å². The molecule has 0 spiro atoms. The van der Waals surface area contributed by atoms with Crippen molar-refractivity contribution >= 4 is 11.7 Å².